The van der Waals surface area contributed by atoms with Crippen LogP contribution in [-0.2, 0) is 13.5 Å². The summed E-state index contributed by atoms with van der Waals surface area (Å²) in [5, 5.41) is 9.44. The van der Waals surface area contributed by atoms with Crippen molar-refractivity contribution in [2.45, 2.75) is 13.3 Å². The number of nitrogens with zero attached hydrogens (tertiary/aromatic N) is 2. The molecule has 1 N–H and O–H groups in total. The minimum atomic E-state index is -0.351. The third-order valence-electron chi connectivity index (χ3n) is 2.99. The van der Waals surface area contributed by atoms with E-state index in [4.69, 9.17) is 16.7 Å². The highest BCUT2D eigenvalue weighted by atomic mass is 35.5. The fourth-order valence-electron chi connectivity index (χ4n) is 1.90. The second-order valence-corrected chi connectivity index (χ2v) is 4.56. The highest BCUT2D eigenvalue weighted by Crippen LogP contribution is 2.28. The van der Waals surface area contributed by atoms with Crippen molar-refractivity contribution in [3.05, 3.63) is 40.6 Å². The normalized spacial score (nSPS) is 10.9. The third kappa shape index (κ3) is 2.26. The summed E-state index contributed by atoms with van der Waals surface area (Å²) < 4.78 is 15.7. The van der Waals surface area contributed by atoms with Crippen molar-refractivity contribution in [2.24, 2.45) is 7.05 Å². The maximum Gasteiger partial charge on any atom is 0.132 e. The number of imidazole rings is 1. The van der Waals surface area contributed by atoms with Gasteiger partial charge in [0.25, 0.3) is 0 Å². The summed E-state index contributed by atoms with van der Waals surface area (Å²) in [5.74, 6) is 0.375. The number of aliphatic hydroxyl groups excluding tert-OH is 1. The van der Waals surface area contributed by atoms with E-state index in [0.717, 1.165) is 11.5 Å². The lowest BCUT2D eigenvalue weighted by Crippen LogP contribution is -2.01. The van der Waals surface area contributed by atoms with E-state index in [0.29, 0.717) is 22.7 Å². The smallest absolute Gasteiger partial charge is 0.132 e. The van der Waals surface area contributed by atoms with Crippen LogP contribution in [0.1, 0.15) is 11.5 Å². The summed E-state index contributed by atoms with van der Waals surface area (Å²) in [6.45, 7) is 1.88. The number of hydrogen-bond donors (Lipinski definition) is 1. The molecule has 0 radical (unpaired) electrons. The molecule has 18 heavy (non-hydrogen) atoms. The molecule has 5 heteroatoms. The lowest BCUT2D eigenvalue weighted by atomic mass is 10.1. The Labute approximate surface area is 110 Å². The van der Waals surface area contributed by atoms with E-state index in [9.17, 15) is 4.39 Å². The molecular weight excluding hydrogens is 255 g/mol. The molecule has 1 heterocycles. The molecule has 0 saturated carbocycles. The van der Waals surface area contributed by atoms with Crippen LogP contribution in [0.5, 0.6) is 0 Å². The zero-order valence-corrected chi connectivity index (χ0v) is 11.0. The number of rotatable bonds is 3. The molecule has 0 aliphatic carbocycles. The van der Waals surface area contributed by atoms with Crippen molar-refractivity contribution in [1.82, 2.24) is 9.55 Å². The number of hydrogen-bond acceptors (Lipinski definition) is 2. The van der Waals surface area contributed by atoms with Gasteiger partial charge in [-0.15, -0.1) is 0 Å². The molecule has 0 amide bonds. The van der Waals surface area contributed by atoms with Gasteiger partial charge in [-0.1, -0.05) is 11.6 Å². The van der Waals surface area contributed by atoms with Gasteiger partial charge in [-0.25, -0.2) is 9.37 Å². The van der Waals surface area contributed by atoms with Crippen LogP contribution in [0, 0.1) is 12.7 Å². The highest BCUT2D eigenvalue weighted by Gasteiger charge is 2.16. The van der Waals surface area contributed by atoms with Crippen molar-refractivity contribution in [3.8, 4) is 11.3 Å². The maximum atomic E-state index is 13.8. The molecule has 3 nitrogen and oxygen atoms in total. The molecule has 1 aromatic carbocycles. The van der Waals surface area contributed by atoms with Gasteiger partial charge in [0.2, 0.25) is 0 Å². The SMILES string of the molecule is Cc1c(-c2cc(Cl)ccc2F)nc(CCO)n1C. The number of halogens is 2. The molecular formula is C13H14ClFN2O. The lowest BCUT2D eigenvalue weighted by Gasteiger charge is -2.03. The van der Waals surface area contributed by atoms with E-state index in [1.165, 1.54) is 12.1 Å². The minimum Gasteiger partial charge on any atom is -0.396 e. The average Bonchev–Trinajstić information content (AvgIpc) is 2.61. The van der Waals surface area contributed by atoms with Crippen LogP contribution in [0.2, 0.25) is 5.02 Å². The molecule has 0 unspecified atom stereocenters. The topological polar surface area (TPSA) is 38.1 Å². The van der Waals surface area contributed by atoms with Crippen LogP contribution < -0.4 is 0 Å². The van der Waals surface area contributed by atoms with Gasteiger partial charge in [-0.3, -0.25) is 0 Å². The minimum absolute atomic E-state index is 0.0156. The second kappa shape index (κ2) is 5.08. The molecule has 0 fully saturated rings. The fraction of sp³-hybridized carbons (Fsp3) is 0.308. The van der Waals surface area contributed by atoms with Gasteiger partial charge in [0.1, 0.15) is 11.6 Å². The van der Waals surface area contributed by atoms with Crippen molar-refractivity contribution < 1.29 is 9.50 Å². The summed E-state index contributed by atoms with van der Waals surface area (Å²) in [5.41, 5.74) is 1.81. The zero-order valence-electron chi connectivity index (χ0n) is 10.2. The Morgan fingerprint density at radius 2 is 2.17 bits per heavy atom. The van der Waals surface area contributed by atoms with Crippen LogP contribution in [0.3, 0.4) is 0 Å². The second-order valence-electron chi connectivity index (χ2n) is 4.12. The van der Waals surface area contributed by atoms with Gasteiger partial charge >= 0.3 is 0 Å². The van der Waals surface area contributed by atoms with Gasteiger partial charge in [0, 0.05) is 29.7 Å². The Morgan fingerprint density at radius 1 is 1.44 bits per heavy atom. The highest BCUT2D eigenvalue weighted by molar-refractivity contribution is 6.30. The first-order valence-electron chi connectivity index (χ1n) is 5.63. The maximum absolute atomic E-state index is 13.8. The molecule has 0 bridgehead atoms. The van der Waals surface area contributed by atoms with Crippen LogP contribution >= 0.6 is 11.6 Å². The summed E-state index contributed by atoms with van der Waals surface area (Å²) in [6, 6.07) is 4.40. The molecule has 0 aliphatic heterocycles. The number of benzene rings is 1. The quantitative estimate of drug-likeness (QED) is 0.929. The van der Waals surface area contributed by atoms with Crippen LogP contribution in [-0.4, -0.2) is 21.3 Å². The molecule has 96 valence electrons. The molecule has 2 aromatic rings. The molecule has 0 spiro atoms. The van der Waals surface area contributed by atoms with Crippen molar-refractivity contribution in [3.63, 3.8) is 0 Å². The fourth-order valence-corrected chi connectivity index (χ4v) is 2.07. The van der Waals surface area contributed by atoms with Gasteiger partial charge in [-0.2, -0.15) is 0 Å². The van der Waals surface area contributed by atoms with E-state index in [1.54, 1.807) is 6.07 Å². The van der Waals surface area contributed by atoms with Crippen LogP contribution in [0.25, 0.3) is 11.3 Å². The number of aromatic nitrogens is 2. The molecule has 0 aliphatic rings. The Kier molecular flexibility index (Phi) is 3.68. The number of aliphatic hydroxyl groups is 1. The van der Waals surface area contributed by atoms with Crippen molar-refractivity contribution in [1.29, 1.82) is 0 Å². The van der Waals surface area contributed by atoms with Gasteiger partial charge in [-0.05, 0) is 25.1 Å². The van der Waals surface area contributed by atoms with E-state index in [-0.39, 0.29) is 12.4 Å². The van der Waals surface area contributed by atoms with E-state index < -0.39 is 0 Å². The molecule has 2 rings (SSSR count). The summed E-state index contributed by atoms with van der Waals surface area (Å²) >= 11 is 5.89. The predicted molar refractivity (Wildman–Crippen MR) is 69.1 cm³/mol. The Balaban J connectivity index is 2.57. The predicted octanol–water partition coefficient (Wildman–Crippen LogP) is 2.72. The zero-order chi connectivity index (χ0) is 13.3. The Morgan fingerprint density at radius 3 is 2.83 bits per heavy atom. The lowest BCUT2D eigenvalue weighted by molar-refractivity contribution is 0.295. The Hall–Kier alpha value is -1.39. The first kappa shape index (κ1) is 13.1. The van der Waals surface area contributed by atoms with E-state index in [2.05, 4.69) is 4.98 Å². The van der Waals surface area contributed by atoms with Gasteiger partial charge in [0.05, 0.1) is 12.3 Å². The first-order valence-corrected chi connectivity index (χ1v) is 6.01. The summed E-state index contributed by atoms with van der Waals surface area (Å²) in [4.78, 5) is 4.38. The molecule has 0 atom stereocenters. The molecule has 1 aromatic heterocycles. The standard InChI is InChI=1S/C13H14ClFN2O/c1-8-13(16-12(5-6-18)17(8)2)10-7-9(14)3-4-11(10)15/h3-4,7,18H,5-6H2,1-2H3. The Bertz CT molecular complexity index is 581. The van der Waals surface area contributed by atoms with Crippen LogP contribution in [0.15, 0.2) is 18.2 Å². The van der Waals surface area contributed by atoms with Gasteiger partial charge < -0.3 is 9.67 Å². The summed E-state index contributed by atoms with van der Waals surface area (Å²) in [6.07, 6.45) is 0.444. The average molecular weight is 269 g/mol. The van der Waals surface area contributed by atoms with Gasteiger partial charge in [0.15, 0.2) is 0 Å². The van der Waals surface area contributed by atoms with E-state index >= 15 is 0 Å². The van der Waals surface area contributed by atoms with E-state index in [1.807, 2.05) is 18.5 Å². The van der Waals surface area contributed by atoms with Crippen LogP contribution in [0.4, 0.5) is 4.39 Å². The third-order valence-corrected chi connectivity index (χ3v) is 3.23. The molecule has 0 saturated heterocycles. The van der Waals surface area contributed by atoms with Crippen molar-refractivity contribution >= 4 is 11.6 Å². The summed E-state index contributed by atoms with van der Waals surface area (Å²) in [7, 11) is 1.85. The first-order chi connectivity index (χ1) is 8.54. The van der Waals surface area contributed by atoms with Crippen molar-refractivity contribution in [2.75, 3.05) is 6.61 Å². The largest absolute Gasteiger partial charge is 0.396 e. The monoisotopic (exact) mass is 268 g/mol.